The van der Waals surface area contributed by atoms with Crippen molar-refractivity contribution >= 4 is 6.09 Å². The summed E-state index contributed by atoms with van der Waals surface area (Å²) in [6.07, 6.45) is -6.19. The summed E-state index contributed by atoms with van der Waals surface area (Å²) in [5.41, 5.74) is 0. The molecule has 0 saturated heterocycles. The van der Waals surface area contributed by atoms with Crippen molar-refractivity contribution in [1.29, 1.82) is 0 Å². The first-order valence-electron chi connectivity index (χ1n) is 4.15. The summed E-state index contributed by atoms with van der Waals surface area (Å²) in [5, 5.41) is -0.0347. The van der Waals surface area contributed by atoms with Gasteiger partial charge in [-0.25, -0.2) is 4.79 Å². The second-order valence-electron chi connectivity index (χ2n) is 2.72. The van der Waals surface area contributed by atoms with E-state index in [9.17, 15) is 18.0 Å². The van der Waals surface area contributed by atoms with Gasteiger partial charge in [-0.2, -0.15) is 9.90 Å². The maximum atomic E-state index is 11.7. The van der Waals surface area contributed by atoms with Crippen molar-refractivity contribution < 1.29 is 27.5 Å². The van der Waals surface area contributed by atoms with E-state index in [1.54, 1.807) is 18.2 Å². The van der Waals surface area contributed by atoms with Crippen LogP contribution >= 0.6 is 0 Å². The van der Waals surface area contributed by atoms with E-state index in [4.69, 9.17) is 0 Å². The first-order valence-corrected chi connectivity index (χ1v) is 4.15. The molecule has 1 amide bonds. The molecule has 0 saturated carbocycles. The SMILES string of the molecule is CN(OC(F)(F)F)C(=O)Oc1ccccc1. The highest BCUT2D eigenvalue weighted by atomic mass is 19.4. The molecule has 0 heterocycles. The number of rotatable bonds is 2. The number of carbonyl (C=O) groups excluding carboxylic acids is 1. The molecule has 0 bridgehead atoms. The van der Waals surface area contributed by atoms with Crippen LogP contribution in [0.4, 0.5) is 18.0 Å². The van der Waals surface area contributed by atoms with Crippen LogP contribution in [-0.2, 0) is 4.84 Å². The quantitative estimate of drug-likeness (QED) is 0.739. The fraction of sp³-hybridized carbons (Fsp3) is 0.222. The summed E-state index contributed by atoms with van der Waals surface area (Å²) in [4.78, 5) is 14.4. The van der Waals surface area contributed by atoms with Crippen LogP contribution in [0.5, 0.6) is 5.75 Å². The highest BCUT2D eigenvalue weighted by molar-refractivity contribution is 5.69. The molecule has 7 heteroatoms. The molecule has 0 spiro atoms. The molecule has 0 aliphatic carbocycles. The summed E-state index contributed by atoms with van der Waals surface area (Å²) in [6.45, 7) is 0. The first-order chi connectivity index (χ1) is 7.38. The average Bonchev–Trinajstić information content (AvgIpc) is 2.16. The third-order valence-corrected chi connectivity index (χ3v) is 1.45. The van der Waals surface area contributed by atoms with Crippen LogP contribution < -0.4 is 4.74 Å². The zero-order chi connectivity index (χ0) is 12.2. The van der Waals surface area contributed by atoms with E-state index in [0.29, 0.717) is 0 Å². The number of hydrogen-bond acceptors (Lipinski definition) is 3. The first kappa shape index (κ1) is 12.3. The van der Waals surface area contributed by atoms with Crippen LogP contribution in [0.15, 0.2) is 30.3 Å². The predicted octanol–water partition coefficient (Wildman–Crippen LogP) is 2.57. The maximum absolute atomic E-state index is 11.7. The van der Waals surface area contributed by atoms with E-state index in [2.05, 4.69) is 9.57 Å². The Balaban J connectivity index is 2.53. The molecule has 0 N–H and O–H groups in total. The Morgan fingerprint density at radius 2 is 1.81 bits per heavy atom. The molecule has 4 nitrogen and oxygen atoms in total. The number of hydroxylamine groups is 2. The molecule has 0 aliphatic heterocycles. The molecule has 1 aromatic carbocycles. The summed E-state index contributed by atoms with van der Waals surface area (Å²) in [5.74, 6) is 0.130. The van der Waals surface area contributed by atoms with Crippen LogP contribution in [0, 0.1) is 0 Å². The Morgan fingerprint density at radius 1 is 1.25 bits per heavy atom. The van der Waals surface area contributed by atoms with E-state index < -0.39 is 12.5 Å². The van der Waals surface area contributed by atoms with Crippen molar-refractivity contribution in [2.45, 2.75) is 6.36 Å². The summed E-state index contributed by atoms with van der Waals surface area (Å²) < 4.78 is 39.8. The summed E-state index contributed by atoms with van der Waals surface area (Å²) in [6, 6.07) is 7.69. The van der Waals surface area contributed by atoms with Crippen LogP contribution in [-0.4, -0.2) is 24.6 Å². The zero-order valence-electron chi connectivity index (χ0n) is 8.19. The maximum Gasteiger partial charge on any atom is 0.544 e. The molecule has 0 aliphatic rings. The summed E-state index contributed by atoms with van der Waals surface area (Å²) >= 11 is 0. The Labute approximate surface area is 89.1 Å². The number of carbonyl (C=O) groups is 1. The van der Waals surface area contributed by atoms with Gasteiger partial charge in [-0.15, -0.1) is 13.2 Å². The highest BCUT2D eigenvalue weighted by Gasteiger charge is 2.34. The third kappa shape index (κ3) is 4.18. The lowest BCUT2D eigenvalue weighted by Gasteiger charge is -2.17. The minimum atomic E-state index is -4.93. The van der Waals surface area contributed by atoms with Crippen molar-refractivity contribution in [3.8, 4) is 5.75 Å². The number of ether oxygens (including phenoxy) is 1. The van der Waals surface area contributed by atoms with Crippen molar-refractivity contribution in [3.05, 3.63) is 30.3 Å². The number of para-hydroxylation sites is 1. The summed E-state index contributed by atoms with van der Waals surface area (Å²) in [7, 11) is 0.804. The van der Waals surface area contributed by atoms with Gasteiger partial charge in [-0.1, -0.05) is 18.2 Å². The van der Waals surface area contributed by atoms with Gasteiger partial charge in [0.15, 0.2) is 0 Å². The van der Waals surface area contributed by atoms with Crippen molar-refractivity contribution in [1.82, 2.24) is 5.06 Å². The van der Waals surface area contributed by atoms with Gasteiger partial charge >= 0.3 is 12.5 Å². The molecule has 1 aromatic rings. The van der Waals surface area contributed by atoms with Crippen LogP contribution in [0.25, 0.3) is 0 Å². The second kappa shape index (κ2) is 4.84. The van der Waals surface area contributed by atoms with Gasteiger partial charge in [-0.3, -0.25) is 0 Å². The van der Waals surface area contributed by atoms with Gasteiger partial charge in [-0.05, 0) is 12.1 Å². The van der Waals surface area contributed by atoms with Gasteiger partial charge < -0.3 is 4.74 Å². The largest absolute Gasteiger partial charge is 0.544 e. The minimum absolute atomic E-state index is 0.0347. The molecule has 88 valence electrons. The van der Waals surface area contributed by atoms with E-state index in [-0.39, 0.29) is 10.8 Å². The molecular formula is C9H8F3NO3. The monoisotopic (exact) mass is 235 g/mol. The lowest BCUT2D eigenvalue weighted by atomic mass is 10.3. The number of amides is 1. The number of halogens is 3. The van der Waals surface area contributed by atoms with Crippen molar-refractivity contribution in [2.24, 2.45) is 0 Å². The van der Waals surface area contributed by atoms with Crippen molar-refractivity contribution in [2.75, 3.05) is 7.05 Å². The van der Waals surface area contributed by atoms with E-state index in [0.717, 1.165) is 7.05 Å². The van der Waals surface area contributed by atoms with E-state index >= 15 is 0 Å². The van der Waals surface area contributed by atoms with Gasteiger partial charge in [0.2, 0.25) is 0 Å². The molecule has 0 radical (unpaired) electrons. The van der Waals surface area contributed by atoms with Crippen LogP contribution in [0.3, 0.4) is 0 Å². The molecule has 0 aromatic heterocycles. The fourth-order valence-electron chi connectivity index (χ4n) is 0.846. The lowest BCUT2D eigenvalue weighted by Crippen LogP contribution is -2.35. The minimum Gasteiger partial charge on any atom is -0.409 e. The Morgan fingerprint density at radius 3 is 2.31 bits per heavy atom. The highest BCUT2D eigenvalue weighted by Crippen LogP contribution is 2.18. The van der Waals surface area contributed by atoms with E-state index in [1.807, 2.05) is 0 Å². The fourth-order valence-corrected chi connectivity index (χ4v) is 0.846. The lowest BCUT2D eigenvalue weighted by molar-refractivity contribution is -0.395. The van der Waals surface area contributed by atoms with Crippen LogP contribution in [0.2, 0.25) is 0 Å². The molecule has 1 rings (SSSR count). The van der Waals surface area contributed by atoms with E-state index in [1.165, 1.54) is 12.1 Å². The van der Waals surface area contributed by atoms with Gasteiger partial charge in [0, 0.05) is 7.05 Å². The Bertz CT molecular complexity index is 353. The topological polar surface area (TPSA) is 38.8 Å². The number of nitrogens with zero attached hydrogens (tertiary/aromatic N) is 1. The predicted molar refractivity (Wildman–Crippen MR) is 47.4 cm³/mol. The zero-order valence-corrected chi connectivity index (χ0v) is 8.19. The molecule has 16 heavy (non-hydrogen) atoms. The smallest absolute Gasteiger partial charge is 0.409 e. The molecule has 0 unspecified atom stereocenters. The molecule has 0 fully saturated rings. The number of hydrogen-bond donors (Lipinski definition) is 0. The third-order valence-electron chi connectivity index (χ3n) is 1.45. The normalized spacial score (nSPS) is 11.0. The van der Waals surface area contributed by atoms with Crippen molar-refractivity contribution in [3.63, 3.8) is 0 Å². The Hall–Kier alpha value is -1.76. The average molecular weight is 235 g/mol. The van der Waals surface area contributed by atoms with Crippen LogP contribution in [0.1, 0.15) is 0 Å². The molecular weight excluding hydrogens is 227 g/mol. The molecule has 0 atom stereocenters. The van der Waals surface area contributed by atoms with Gasteiger partial charge in [0.1, 0.15) is 5.75 Å². The van der Waals surface area contributed by atoms with Gasteiger partial charge in [0.25, 0.3) is 0 Å². The second-order valence-corrected chi connectivity index (χ2v) is 2.72. The number of benzene rings is 1. The Kier molecular flexibility index (Phi) is 3.73. The number of alkyl halides is 3. The van der Waals surface area contributed by atoms with Gasteiger partial charge in [0.05, 0.1) is 0 Å². The standard InChI is InChI=1S/C9H8F3NO3/c1-13(16-9(10,11)12)8(14)15-7-5-3-2-4-6-7/h2-6H,1H3.